The maximum Gasteiger partial charge on any atom is 0.407 e. The molecule has 16 heteroatoms. The third-order valence-electron chi connectivity index (χ3n) is 11.9. The van der Waals surface area contributed by atoms with Crippen LogP contribution in [0.15, 0.2) is 116 Å². The van der Waals surface area contributed by atoms with Crippen molar-refractivity contribution in [3.63, 3.8) is 0 Å². The second-order valence-corrected chi connectivity index (χ2v) is 15.9. The number of hydrogen-bond donors (Lipinski definition) is 5. The maximum atomic E-state index is 14.0. The van der Waals surface area contributed by atoms with Crippen molar-refractivity contribution in [2.75, 3.05) is 34.4 Å². The van der Waals surface area contributed by atoms with Gasteiger partial charge in [-0.05, 0) is 66.6 Å². The Kier molecular flexibility index (Phi) is 14.0. The van der Waals surface area contributed by atoms with E-state index in [4.69, 9.17) is 14.2 Å². The number of aromatic amines is 2. The zero-order chi connectivity index (χ0) is 46.2. The number of carbonyl (C=O) groups excluding carboxylic acids is 4. The molecule has 4 aromatic carbocycles. The molecule has 0 radical (unpaired) electrons. The first-order valence-electron chi connectivity index (χ1n) is 21.6. The number of aliphatic hydroxyl groups excluding tert-OH is 1. The van der Waals surface area contributed by atoms with Crippen LogP contribution in [0.3, 0.4) is 0 Å². The van der Waals surface area contributed by atoms with Crippen LogP contribution in [0.5, 0.6) is 0 Å². The van der Waals surface area contributed by atoms with Crippen LogP contribution >= 0.6 is 0 Å². The van der Waals surface area contributed by atoms with Gasteiger partial charge < -0.3 is 44.4 Å². The van der Waals surface area contributed by atoms with E-state index < -0.39 is 30.6 Å². The van der Waals surface area contributed by atoms with Crippen molar-refractivity contribution in [1.29, 1.82) is 0 Å². The summed E-state index contributed by atoms with van der Waals surface area (Å²) >= 11 is 0. The summed E-state index contributed by atoms with van der Waals surface area (Å²) in [5.41, 5.74) is 5.79. The molecule has 4 heterocycles. The van der Waals surface area contributed by atoms with Crippen LogP contribution in [0.2, 0.25) is 0 Å². The highest BCUT2D eigenvalue weighted by atomic mass is 16.6. The lowest BCUT2D eigenvalue weighted by Crippen LogP contribution is -2.44. The molecule has 5 N–H and O–H groups in total. The molecule has 2 fully saturated rings. The molecule has 3 amide bonds. The van der Waals surface area contributed by atoms with Gasteiger partial charge in [-0.2, -0.15) is 0 Å². The Morgan fingerprint density at radius 1 is 0.697 bits per heavy atom. The average Bonchev–Trinajstić information content (AvgIpc) is 4.22. The quantitative estimate of drug-likeness (QED) is 0.0493. The van der Waals surface area contributed by atoms with E-state index in [0.29, 0.717) is 71.1 Å². The highest BCUT2D eigenvalue weighted by Gasteiger charge is 2.38. The number of hydrogen-bond acceptors (Lipinski definition) is 11. The SMILES string of the molecule is COC(=O)NC(C(=O)N1CCCC1c1ncc(-c2ccc(C#Cc3ccc(-c4cnc(C5CCCN5C(=O)C(NC(O)OC)c5ccccc5)[nH]4)cc3C(=O)OC)cc2)[nH]1)c1ccccc1. The predicted molar refractivity (Wildman–Crippen MR) is 243 cm³/mol. The van der Waals surface area contributed by atoms with E-state index in [9.17, 15) is 24.3 Å². The molecule has 338 valence electrons. The summed E-state index contributed by atoms with van der Waals surface area (Å²) in [5, 5.41) is 15.8. The number of carbonyl (C=O) groups is 4. The van der Waals surface area contributed by atoms with Gasteiger partial charge in [0.05, 0.1) is 55.6 Å². The molecule has 0 bridgehead atoms. The van der Waals surface area contributed by atoms with Gasteiger partial charge in [-0.1, -0.05) is 90.7 Å². The molecule has 8 rings (SSSR count). The third-order valence-corrected chi connectivity index (χ3v) is 11.9. The monoisotopic (exact) mass is 890 g/mol. The molecule has 0 saturated carbocycles. The van der Waals surface area contributed by atoms with E-state index in [2.05, 4.69) is 42.4 Å². The summed E-state index contributed by atoms with van der Waals surface area (Å²) in [4.78, 5) is 72.9. The number of H-pyrrole nitrogens is 2. The number of nitrogens with zero attached hydrogens (tertiary/aromatic N) is 4. The summed E-state index contributed by atoms with van der Waals surface area (Å²) in [5.74, 6) is 6.55. The fraction of sp³-hybridized carbons (Fsp3) is 0.280. The summed E-state index contributed by atoms with van der Waals surface area (Å²) in [6.07, 6.45) is 4.34. The van der Waals surface area contributed by atoms with Crippen molar-refractivity contribution in [1.82, 2.24) is 40.4 Å². The standard InChI is InChI=1S/C50H50N8O8/c1-64-48(61)37-28-36(39-30-52-45(54-39)41-17-11-27-58(41)47(60)43(56-50(63)66-3)35-14-8-5-9-15-35)25-24-32(37)21-18-31-19-22-33(23-20-31)38-29-51-44(53-38)40-16-10-26-57(40)46(59)42(55-49(62)65-2)34-12-6-4-7-13-34/h4-9,12-15,19-20,22-25,28-30,40-43,50,56,63H,10-11,16-17,26-27H2,1-3H3,(H,51,53)(H,52,54)(H,55,62). The first kappa shape index (κ1) is 45.0. The zero-order valence-electron chi connectivity index (χ0n) is 36.7. The van der Waals surface area contributed by atoms with Gasteiger partial charge >= 0.3 is 12.1 Å². The van der Waals surface area contributed by atoms with Gasteiger partial charge in [0.25, 0.3) is 5.91 Å². The average molecular weight is 891 g/mol. The lowest BCUT2D eigenvalue weighted by atomic mass is 10.0. The fourth-order valence-corrected chi connectivity index (χ4v) is 8.51. The van der Waals surface area contributed by atoms with Gasteiger partial charge in [0.1, 0.15) is 23.7 Å². The van der Waals surface area contributed by atoms with Crippen LogP contribution in [0.4, 0.5) is 4.79 Å². The van der Waals surface area contributed by atoms with Crippen molar-refractivity contribution >= 4 is 23.9 Å². The lowest BCUT2D eigenvalue weighted by molar-refractivity contribution is -0.143. The van der Waals surface area contributed by atoms with Crippen LogP contribution in [0, 0.1) is 11.8 Å². The number of esters is 1. The van der Waals surface area contributed by atoms with Gasteiger partial charge in [-0.3, -0.25) is 14.9 Å². The molecule has 5 atom stereocenters. The Hall–Kier alpha value is -7.58. The number of aliphatic hydroxyl groups is 1. The minimum atomic E-state index is -1.34. The highest BCUT2D eigenvalue weighted by Crippen LogP contribution is 2.36. The van der Waals surface area contributed by atoms with Gasteiger partial charge in [0, 0.05) is 36.9 Å². The van der Waals surface area contributed by atoms with Crippen molar-refractivity contribution in [3.8, 4) is 34.4 Å². The fourth-order valence-electron chi connectivity index (χ4n) is 8.51. The van der Waals surface area contributed by atoms with E-state index in [-0.39, 0.29) is 29.5 Å². The van der Waals surface area contributed by atoms with Crippen LogP contribution in [0.25, 0.3) is 22.5 Å². The highest BCUT2D eigenvalue weighted by molar-refractivity contribution is 5.94. The number of ether oxygens (including phenoxy) is 3. The molecule has 66 heavy (non-hydrogen) atoms. The van der Waals surface area contributed by atoms with Crippen molar-refractivity contribution in [3.05, 3.63) is 155 Å². The van der Waals surface area contributed by atoms with Crippen LogP contribution in [-0.2, 0) is 23.8 Å². The van der Waals surface area contributed by atoms with Crippen LogP contribution in [-0.4, -0.2) is 99.6 Å². The molecular formula is C50H50N8O8. The lowest BCUT2D eigenvalue weighted by Gasteiger charge is -2.29. The number of nitrogens with one attached hydrogen (secondary N) is 4. The largest absolute Gasteiger partial charge is 0.465 e. The van der Waals surface area contributed by atoms with E-state index in [1.54, 1.807) is 46.5 Å². The number of aromatic nitrogens is 4. The smallest absolute Gasteiger partial charge is 0.407 e. The number of imidazole rings is 2. The summed E-state index contributed by atoms with van der Waals surface area (Å²) < 4.78 is 15.0. The van der Waals surface area contributed by atoms with Gasteiger partial charge in [0.15, 0.2) is 0 Å². The van der Waals surface area contributed by atoms with E-state index >= 15 is 0 Å². The summed E-state index contributed by atoms with van der Waals surface area (Å²) in [6, 6.07) is 28.8. The van der Waals surface area contributed by atoms with E-state index in [1.807, 2.05) is 78.9 Å². The van der Waals surface area contributed by atoms with Crippen molar-refractivity contribution in [2.45, 2.75) is 56.3 Å². The molecular weight excluding hydrogens is 841 g/mol. The molecule has 16 nitrogen and oxygen atoms in total. The molecule has 2 saturated heterocycles. The van der Waals surface area contributed by atoms with Crippen LogP contribution in [0.1, 0.15) is 94.1 Å². The molecule has 6 aromatic rings. The second kappa shape index (κ2) is 20.5. The van der Waals surface area contributed by atoms with Crippen LogP contribution < -0.4 is 10.6 Å². The maximum absolute atomic E-state index is 14.0. The predicted octanol–water partition coefficient (Wildman–Crippen LogP) is 6.33. The summed E-state index contributed by atoms with van der Waals surface area (Å²) in [7, 11) is 3.94. The Morgan fingerprint density at radius 2 is 1.24 bits per heavy atom. The Balaban J connectivity index is 0.960. The molecule has 2 aliphatic rings. The number of alkyl carbamates (subject to hydrolysis) is 1. The number of amides is 3. The molecule has 0 aliphatic carbocycles. The van der Waals surface area contributed by atoms with E-state index in [1.165, 1.54) is 21.3 Å². The normalized spacial score (nSPS) is 17.0. The third kappa shape index (κ3) is 9.88. The Morgan fingerprint density at radius 3 is 1.80 bits per heavy atom. The number of likely N-dealkylation sites (tertiary alicyclic amines) is 2. The first-order valence-corrected chi connectivity index (χ1v) is 21.6. The molecule has 0 spiro atoms. The Bertz CT molecular complexity index is 2730. The number of benzene rings is 4. The van der Waals surface area contributed by atoms with Crippen molar-refractivity contribution in [2.24, 2.45) is 0 Å². The van der Waals surface area contributed by atoms with Crippen molar-refractivity contribution < 1.29 is 38.5 Å². The second-order valence-electron chi connectivity index (χ2n) is 15.9. The number of rotatable bonds is 13. The van der Waals surface area contributed by atoms with Gasteiger partial charge in [0.2, 0.25) is 12.3 Å². The van der Waals surface area contributed by atoms with Gasteiger partial charge in [-0.25, -0.2) is 19.6 Å². The van der Waals surface area contributed by atoms with Gasteiger partial charge in [-0.15, -0.1) is 0 Å². The minimum Gasteiger partial charge on any atom is -0.465 e. The minimum absolute atomic E-state index is 0.217. The molecule has 5 unspecified atom stereocenters. The van der Waals surface area contributed by atoms with E-state index in [0.717, 1.165) is 24.1 Å². The molecule has 2 aromatic heterocycles. The topological polar surface area (TPSA) is 204 Å². The first-order chi connectivity index (χ1) is 32.1. The number of methoxy groups -OCH3 is 3. The summed E-state index contributed by atoms with van der Waals surface area (Å²) in [6.45, 7) is 1.03. The zero-order valence-corrected chi connectivity index (χ0v) is 36.7. The molecule has 2 aliphatic heterocycles. The Labute approximate surface area is 381 Å².